The lowest BCUT2D eigenvalue weighted by atomic mass is 10.2. The summed E-state index contributed by atoms with van der Waals surface area (Å²) in [6, 6.07) is 0. The van der Waals surface area contributed by atoms with Crippen LogP contribution in [0, 0.1) is 0 Å². The third kappa shape index (κ3) is 10.6. The molecule has 4 amide bonds. The fraction of sp³-hybridized carbons (Fsp3) is 0.789. The zero-order chi connectivity index (χ0) is 22.2. The van der Waals surface area contributed by atoms with Crippen molar-refractivity contribution in [3.8, 4) is 0 Å². The molecule has 0 aromatic rings. The van der Waals surface area contributed by atoms with Gasteiger partial charge >= 0.3 is 12.2 Å². The van der Waals surface area contributed by atoms with Gasteiger partial charge in [0.25, 0.3) is 0 Å². The molecule has 0 aromatic carbocycles. The molecule has 1 fully saturated rings. The molecule has 1 aliphatic heterocycles. The van der Waals surface area contributed by atoms with Crippen LogP contribution in [0.25, 0.3) is 0 Å². The van der Waals surface area contributed by atoms with E-state index in [0.29, 0.717) is 32.6 Å². The Kier molecular flexibility index (Phi) is 8.72. The monoisotopic (exact) mass is 414 g/mol. The number of hydrogen-bond donors (Lipinski definition) is 2. The van der Waals surface area contributed by atoms with Crippen LogP contribution < -0.4 is 10.6 Å². The molecule has 0 atom stereocenters. The van der Waals surface area contributed by atoms with E-state index in [9.17, 15) is 19.2 Å². The van der Waals surface area contributed by atoms with Crippen molar-refractivity contribution in [3.63, 3.8) is 0 Å². The first-order valence-electron chi connectivity index (χ1n) is 9.76. The Morgan fingerprint density at radius 1 is 0.690 bits per heavy atom. The lowest BCUT2D eigenvalue weighted by molar-refractivity contribution is -0.132. The summed E-state index contributed by atoms with van der Waals surface area (Å²) in [5.41, 5.74) is -1.27. The quantitative estimate of drug-likeness (QED) is 0.711. The predicted molar refractivity (Wildman–Crippen MR) is 106 cm³/mol. The summed E-state index contributed by atoms with van der Waals surface area (Å²) in [5.74, 6) is -0.478. The van der Waals surface area contributed by atoms with Crippen molar-refractivity contribution in [1.82, 2.24) is 20.4 Å². The minimum Gasteiger partial charge on any atom is -0.444 e. The highest BCUT2D eigenvalue weighted by Gasteiger charge is 2.24. The fourth-order valence-electron chi connectivity index (χ4n) is 2.56. The Labute approximate surface area is 172 Å². The Morgan fingerprint density at radius 2 is 1.03 bits per heavy atom. The molecule has 0 aliphatic carbocycles. The van der Waals surface area contributed by atoms with Crippen LogP contribution in [-0.2, 0) is 19.1 Å². The van der Waals surface area contributed by atoms with Gasteiger partial charge in [-0.1, -0.05) is 0 Å². The van der Waals surface area contributed by atoms with E-state index in [1.807, 2.05) is 0 Å². The summed E-state index contributed by atoms with van der Waals surface area (Å²) in [7, 11) is 0. The maximum Gasteiger partial charge on any atom is 0.408 e. The average molecular weight is 415 g/mol. The number of ether oxygens (including phenoxy) is 2. The van der Waals surface area contributed by atoms with Crippen LogP contribution in [0.4, 0.5) is 9.59 Å². The van der Waals surface area contributed by atoms with Gasteiger partial charge in [0.15, 0.2) is 0 Å². The van der Waals surface area contributed by atoms with E-state index in [1.165, 1.54) is 0 Å². The molecule has 2 N–H and O–H groups in total. The second-order valence-electron chi connectivity index (χ2n) is 8.83. The minimum atomic E-state index is -0.648. The molecule has 10 nitrogen and oxygen atoms in total. The standard InChI is InChI=1S/C19H34N4O6/c1-18(2,3)28-16(26)20-12-14(24)22-8-7-9-23(11-10-22)15(25)13-21-17(27)29-19(4,5)6/h7-13H2,1-6H3,(H,20,26)(H,21,27). The van der Waals surface area contributed by atoms with E-state index in [4.69, 9.17) is 9.47 Å². The average Bonchev–Trinajstić information content (AvgIpc) is 2.80. The maximum atomic E-state index is 12.3. The van der Waals surface area contributed by atoms with Gasteiger partial charge < -0.3 is 29.9 Å². The Bertz CT molecular complexity index is 557. The fourth-order valence-corrected chi connectivity index (χ4v) is 2.56. The van der Waals surface area contributed by atoms with E-state index in [-0.39, 0.29) is 24.9 Å². The van der Waals surface area contributed by atoms with Crippen molar-refractivity contribution in [2.45, 2.75) is 59.2 Å². The molecule has 1 aliphatic rings. The first-order chi connectivity index (χ1) is 13.3. The van der Waals surface area contributed by atoms with Crippen molar-refractivity contribution in [2.75, 3.05) is 39.3 Å². The van der Waals surface area contributed by atoms with Gasteiger partial charge in [0.05, 0.1) is 0 Å². The topological polar surface area (TPSA) is 117 Å². The molecule has 0 aromatic heterocycles. The highest BCUT2D eigenvalue weighted by molar-refractivity contribution is 5.83. The lowest BCUT2D eigenvalue weighted by Gasteiger charge is -2.24. The maximum absolute atomic E-state index is 12.3. The second kappa shape index (κ2) is 10.3. The Hall–Kier alpha value is -2.52. The summed E-state index contributed by atoms with van der Waals surface area (Å²) < 4.78 is 10.2. The molecule has 166 valence electrons. The number of alkyl carbamates (subject to hydrolysis) is 2. The van der Waals surface area contributed by atoms with Gasteiger partial charge in [0, 0.05) is 26.2 Å². The zero-order valence-electron chi connectivity index (χ0n) is 18.3. The second-order valence-corrected chi connectivity index (χ2v) is 8.83. The van der Waals surface area contributed by atoms with Crippen LogP contribution in [0.1, 0.15) is 48.0 Å². The highest BCUT2D eigenvalue weighted by Crippen LogP contribution is 2.08. The van der Waals surface area contributed by atoms with Gasteiger partial charge in [-0.05, 0) is 48.0 Å². The van der Waals surface area contributed by atoms with Crippen LogP contribution in [0.5, 0.6) is 0 Å². The van der Waals surface area contributed by atoms with Crippen LogP contribution >= 0.6 is 0 Å². The Morgan fingerprint density at radius 3 is 1.34 bits per heavy atom. The third-order valence-corrected chi connectivity index (χ3v) is 3.77. The number of rotatable bonds is 4. The number of carbonyl (C=O) groups is 4. The van der Waals surface area contributed by atoms with Crippen molar-refractivity contribution < 1.29 is 28.7 Å². The van der Waals surface area contributed by atoms with Crippen LogP contribution in [0.2, 0.25) is 0 Å². The van der Waals surface area contributed by atoms with E-state index >= 15 is 0 Å². The molecule has 1 heterocycles. The summed E-state index contributed by atoms with van der Waals surface area (Å²) in [4.78, 5) is 51.2. The van der Waals surface area contributed by atoms with Crippen molar-refractivity contribution in [3.05, 3.63) is 0 Å². The first-order valence-corrected chi connectivity index (χ1v) is 9.76. The lowest BCUT2D eigenvalue weighted by Crippen LogP contribution is -2.45. The molecule has 0 spiro atoms. The first kappa shape index (κ1) is 24.5. The molecule has 0 radical (unpaired) electrons. The molecule has 1 rings (SSSR count). The number of carbonyl (C=O) groups excluding carboxylic acids is 4. The summed E-state index contributed by atoms with van der Waals surface area (Å²) in [5, 5.41) is 4.90. The molecular formula is C19H34N4O6. The van der Waals surface area contributed by atoms with Crippen LogP contribution in [0.15, 0.2) is 0 Å². The molecule has 29 heavy (non-hydrogen) atoms. The van der Waals surface area contributed by atoms with Gasteiger partial charge in [-0.15, -0.1) is 0 Å². The number of hydrogen-bond acceptors (Lipinski definition) is 6. The largest absolute Gasteiger partial charge is 0.444 e. The minimum absolute atomic E-state index is 0.164. The van der Waals surface area contributed by atoms with Crippen molar-refractivity contribution in [1.29, 1.82) is 0 Å². The molecule has 0 unspecified atom stereocenters. The van der Waals surface area contributed by atoms with Gasteiger partial charge in [0.2, 0.25) is 11.8 Å². The van der Waals surface area contributed by atoms with E-state index in [1.54, 1.807) is 51.3 Å². The predicted octanol–water partition coefficient (Wildman–Crippen LogP) is 1.10. The molecule has 10 heteroatoms. The van der Waals surface area contributed by atoms with Gasteiger partial charge in [-0.25, -0.2) is 9.59 Å². The highest BCUT2D eigenvalue weighted by atomic mass is 16.6. The van der Waals surface area contributed by atoms with E-state index in [2.05, 4.69) is 10.6 Å². The summed E-state index contributed by atoms with van der Waals surface area (Å²) in [6.07, 6.45) is -0.688. The van der Waals surface area contributed by atoms with Crippen LogP contribution in [-0.4, -0.2) is 84.3 Å². The van der Waals surface area contributed by atoms with Crippen molar-refractivity contribution >= 4 is 24.0 Å². The van der Waals surface area contributed by atoms with Crippen LogP contribution in [0.3, 0.4) is 0 Å². The summed E-state index contributed by atoms with van der Waals surface area (Å²) in [6.45, 7) is 11.8. The summed E-state index contributed by atoms with van der Waals surface area (Å²) >= 11 is 0. The Balaban J connectivity index is 2.41. The van der Waals surface area contributed by atoms with Gasteiger partial charge in [-0.2, -0.15) is 0 Å². The number of amides is 4. The molecular weight excluding hydrogens is 380 g/mol. The van der Waals surface area contributed by atoms with Gasteiger partial charge in [-0.3, -0.25) is 9.59 Å². The number of nitrogens with one attached hydrogen (secondary N) is 2. The van der Waals surface area contributed by atoms with E-state index in [0.717, 1.165) is 0 Å². The number of nitrogens with zero attached hydrogens (tertiary/aromatic N) is 2. The molecule has 0 bridgehead atoms. The zero-order valence-corrected chi connectivity index (χ0v) is 18.3. The van der Waals surface area contributed by atoms with Crippen molar-refractivity contribution in [2.24, 2.45) is 0 Å². The smallest absolute Gasteiger partial charge is 0.408 e. The molecule has 0 saturated carbocycles. The van der Waals surface area contributed by atoms with E-state index < -0.39 is 23.4 Å². The van der Waals surface area contributed by atoms with Gasteiger partial charge in [0.1, 0.15) is 24.3 Å². The molecule has 1 saturated heterocycles. The normalized spacial score (nSPS) is 15.2. The SMILES string of the molecule is CC(C)(C)OC(=O)NCC(=O)N1CCCN(C(=O)CNC(=O)OC(C)(C)C)CC1. The third-order valence-electron chi connectivity index (χ3n) is 3.77.